The average molecular weight is 1120 g/mol. The van der Waals surface area contributed by atoms with Gasteiger partial charge in [0.15, 0.2) is 9.04 Å². The third-order valence-corrected chi connectivity index (χ3v) is 58.5. The van der Waals surface area contributed by atoms with Crippen LogP contribution in [0.2, 0.25) is 114 Å². The summed E-state index contributed by atoms with van der Waals surface area (Å²) < 4.78 is 89.2. The molecule has 3 aliphatic heterocycles. The molecule has 362 valence electrons. The smallest absolute Gasteiger partial charge is 0.316 e. The van der Waals surface area contributed by atoms with Crippen molar-refractivity contribution in [2.24, 2.45) is 0 Å². The highest BCUT2D eigenvalue weighted by Crippen LogP contribution is 2.27. The normalized spacial score (nSPS) is 36.9. The SMILES string of the molecule is CC1C[SiH](C)O[Si](C)(CCCCCC[SiH2]O[SiH2]O[SiH](CCCCCC[Si]2(C)O[SiH](C)O[SiH](C)O[SiH](C)O2)O[SiH2]CCCCCC[Si]2(C)O[SiH](C)O[SiH](C)O[SiH](C)O2)O[SiH](C)O1. The van der Waals surface area contributed by atoms with E-state index in [9.17, 15) is 0 Å². The van der Waals surface area contributed by atoms with Crippen LogP contribution in [0, 0.1) is 0 Å². The summed E-state index contributed by atoms with van der Waals surface area (Å²) in [5.74, 6) is 0. The molecule has 0 aromatic carbocycles. The van der Waals surface area contributed by atoms with Gasteiger partial charge in [0.05, 0.1) is 0 Å². The third-order valence-electron chi connectivity index (χ3n) is 11.3. The molecule has 0 aromatic rings. The standard InChI is InChI=1S/C32H90O14Si15/c1-32-31-50(2)41-59(10,42-51(3)33-32)28-22-16-13-19-25-47-34-49-36-58(27-21-15-18-24-30-61(12)45-56(8)39-53(5)40-57(9)46-61)35-48-26-20-14-17-23-29-60(11)43-54(6)37-52(4)38-55(7)44-60/h32,50-58H,13-31,47-49H2,1-12H3. The van der Waals surface area contributed by atoms with Crippen LogP contribution in [-0.2, 0) is 57.9 Å². The van der Waals surface area contributed by atoms with Gasteiger partial charge in [-0.25, -0.2) is 0 Å². The lowest BCUT2D eigenvalue weighted by atomic mass is 10.2. The fourth-order valence-electron chi connectivity index (χ4n) is 8.78. The summed E-state index contributed by atoms with van der Waals surface area (Å²) in [6, 6.07) is 7.80. The third kappa shape index (κ3) is 26.9. The lowest BCUT2D eigenvalue weighted by molar-refractivity contribution is 0.181. The molecule has 3 aliphatic rings. The minimum absolute atomic E-state index is 0.291. The van der Waals surface area contributed by atoms with Crippen LogP contribution >= 0.6 is 0 Å². The molecule has 0 saturated carbocycles. The molecule has 14 nitrogen and oxygen atoms in total. The Morgan fingerprint density at radius 3 is 1.39 bits per heavy atom. The second-order valence-electron chi connectivity index (χ2n) is 18.1. The molecule has 9 unspecified atom stereocenters. The number of hydrogen-bond acceptors (Lipinski definition) is 14. The Morgan fingerprint density at radius 2 is 0.902 bits per heavy atom. The van der Waals surface area contributed by atoms with E-state index < -0.39 is 139 Å². The molecule has 0 aliphatic carbocycles. The van der Waals surface area contributed by atoms with Crippen LogP contribution in [0.3, 0.4) is 0 Å². The predicted octanol–water partition coefficient (Wildman–Crippen LogP) is 4.07. The van der Waals surface area contributed by atoms with Crippen molar-refractivity contribution in [1.82, 2.24) is 0 Å². The summed E-state index contributed by atoms with van der Waals surface area (Å²) in [5, 5.41) is 0. The molecular formula is C32H90O14Si15. The molecule has 3 saturated heterocycles. The Bertz CT molecular complexity index is 1120. The molecule has 29 heteroatoms. The van der Waals surface area contributed by atoms with Crippen LogP contribution in [0.15, 0.2) is 0 Å². The molecule has 0 N–H and O–H groups in total. The monoisotopic (exact) mass is 1120 g/mol. The molecule has 0 bridgehead atoms. The van der Waals surface area contributed by atoms with Gasteiger partial charge in [0.1, 0.15) is 19.5 Å². The molecule has 61 heavy (non-hydrogen) atoms. The second kappa shape index (κ2) is 31.7. The van der Waals surface area contributed by atoms with Gasteiger partial charge >= 0.3 is 44.3 Å². The van der Waals surface area contributed by atoms with Crippen molar-refractivity contribution in [3.8, 4) is 0 Å². The van der Waals surface area contributed by atoms with Gasteiger partial charge in [-0.2, -0.15) is 0 Å². The summed E-state index contributed by atoms with van der Waals surface area (Å²) in [6.07, 6.45) is 14.8. The molecule has 3 heterocycles. The quantitative estimate of drug-likeness (QED) is 0.0867. The zero-order valence-corrected chi connectivity index (χ0v) is 58.2. The molecule has 3 fully saturated rings. The summed E-state index contributed by atoms with van der Waals surface area (Å²) >= 11 is 0. The van der Waals surface area contributed by atoms with E-state index in [1.54, 1.807) is 0 Å². The van der Waals surface area contributed by atoms with Gasteiger partial charge in [-0.1, -0.05) is 77.0 Å². The average Bonchev–Trinajstić information content (AvgIpc) is 3.11. The molecule has 9 atom stereocenters. The Balaban J connectivity index is 1.32. The van der Waals surface area contributed by atoms with E-state index in [4.69, 9.17) is 57.9 Å². The van der Waals surface area contributed by atoms with Gasteiger partial charge in [-0.15, -0.1) is 0 Å². The van der Waals surface area contributed by atoms with Crippen LogP contribution < -0.4 is 0 Å². The van der Waals surface area contributed by atoms with Gasteiger partial charge in [0, 0.05) is 6.10 Å². The molecule has 0 amide bonds. The lowest BCUT2D eigenvalue weighted by Gasteiger charge is -2.37. The first kappa shape index (κ1) is 58.0. The highest BCUT2D eigenvalue weighted by Gasteiger charge is 2.41. The second-order valence-corrected chi connectivity index (χ2v) is 54.9. The maximum Gasteiger partial charge on any atom is 0.316 e. The zero-order valence-electron chi connectivity index (χ0n) is 40.5. The zero-order chi connectivity index (χ0) is 44.7. The number of unbranched alkanes of at least 4 members (excludes halogenated alkanes) is 9. The summed E-state index contributed by atoms with van der Waals surface area (Å²) in [4.78, 5) is 0. The Hall–Kier alpha value is 2.69. The van der Waals surface area contributed by atoms with Gasteiger partial charge < -0.3 is 57.9 Å². The highest BCUT2D eigenvalue weighted by molar-refractivity contribution is 6.82. The van der Waals surface area contributed by atoms with E-state index in [-0.39, 0.29) is 0 Å². The van der Waals surface area contributed by atoms with E-state index >= 15 is 0 Å². The van der Waals surface area contributed by atoms with E-state index in [0.29, 0.717) is 6.10 Å². The summed E-state index contributed by atoms with van der Waals surface area (Å²) in [6.45, 7) is 26.1. The van der Waals surface area contributed by atoms with Crippen LogP contribution in [0.5, 0.6) is 0 Å². The van der Waals surface area contributed by atoms with Crippen LogP contribution in [-0.4, -0.2) is 145 Å². The van der Waals surface area contributed by atoms with Gasteiger partial charge in [-0.05, 0) is 121 Å². The fraction of sp³-hybridized carbons (Fsp3) is 1.00. The predicted molar refractivity (Wildman–Crippen MR) is 285 cm³/mol. The Labute approximate surface area is 398 Å². The van der Waals surface area contributed by atoms with Gasteiger partial charge in [0.2, 0.25) is 0 Å². The van der Waals surface area contributed by atoms with Crippen LogP contribution in [0.1, 0.15) is 84.0 Å². The van der Waals surface area contributed by atoms with Crippen molar-refractivity contribution in [3.63, 3.8) is 0 Å². The number of hydrogen-bond donors (Lipinski definition) is 0. The number of rotatable bonds is 27. The van der Waals surface area contributed by atoms with Crippen molar-refractivity contribution in [2.75, 3.05) is 0 Å². The maximum atomic E-state index is 6.67. The minimum atomic E-state index is -2.25. The fourth-order valence-corrected chi connectivity index (χ4v) is 58.9. The van der Waals surface area contributed by atoms with Crippen molar-refractivity contribution in [3.05, 3.63) is 0 Å². The minimum Gasteiger partial charge on any atom is -0.446 e. The molecule has 0 aromatic heterocycles. The molecule has 0 spiro atoms. The Kier molecular flexibility index (Phi) is 30.2. The van der Waals surface area contributed by atoms with E-state index in [1.165, 1.54) is 76.3 Å². The lowest BCUT2D eigenvalue weighted by Crippen LogP contribution is -2.52. The van der Waals surface area contributed by atoms with Crippen molar-refractivity contribution >= 4 is 139 Å². The van der Waals surface area contributed by atoms with Crippen LogP contribution in [0.25, 0.3) is 0 Å². The van der Waals surface area contributed by atoms with E-state index in [2.05, 4.69) is 78.9 Å². The largest absolute Gasteiger partial charge is 0.446 e. The molecular weight excluding hydrogens is 1030 g/mol. The van der Waals surface area contributed by atoms with Crippen molar-refractivity contribution in [2.45, 2.75) is 204 Å². The molecule has 0 radical (unpaired) electrons. The van der Waals surface area contributed by atoms with Gasteiger partial charge in [0.25, 0.3) is 65.7 Å². The van der Waals surface area contributed by atoms with Crippen LogP contribution in [0.4, 0.5) is 0 Å². The first-order valence-corrected chi connectivity index (χ1v) is 54.9. The first-order valence-electron chi connectivity index (χ1n) is 24.1. The van der Waals surface area contributed by atoms with Crippen molar-refractivity contribution < 1.29 is 57.9 Å². The van der Waals surface area contributed by atoms with Gasteiger partial charge in [-0.3, -0.25) is 0 Å². The van der Waals surface area contributed by atoms with E-state index in [0.717, 1.165) is 43.1 Å². The summed E-state index contributed by atoms with van der Waals surface area (Å²) in [5.41, 5.74) is 0. The maximum absolute atomic E-state index is 6.67. The molecule has 3 rings (SSSR count). The summed E-state index contributed by atoms with van der Waals surface area (Å²) in [7, 11) is -23.1. The highest BCUT2D eigenvalue weighted by atomic mass is 28.5. The Morgan fingerprint density at radius 1 is 0.492 bits per heavy atom. The topological polar surface area (TPSA) is 129 Å². The van der Waals surface area contributed by atoms with E-state index in [1.807, 2.05) is 0 Å². The van der Waals surface area contributed by atoms with Crippen molar-refractivity contribution in [1.29, 1.82) is 0 Å². The first-order chi connectivity index (χ1) is 29.0.